The SMILES string of the molecule is CCCCCCCCCCCCOC(=O)C(C)OC(=O)c1ccc(Cl)c(NC(=O)C(Cc2ccccc2C(=O)Oc2ccc(CSc3nnnn3C)cc2)C(=O)Nc2cc(OC(=O)C(C)OC(=O)CCCCCCCCCCCC)ccc2Cl)c1. The number of tetrazole rings is 1. The first-order valence-electron chi connectivity index (χ1n) is 29.8. The topological polar surface area (TPSA) is 233 Å². The molecule has 4 aromatic carbocycles. The van der Waals surface area contributed by atoms with Crippen LogP contribution in [0.5, 0.6) is 11.5 Å². The molecule has 5 aromatic rings. The average Bonchev–Trinajstić information content (AvgIpc) is 3.34. The van der Waals surface area contributed by atoms with Crippen LogP contribution >= 0.6 is 35.0 Å². The van der Waals surface area contributed by atoms with E-state index in [-0.39, 0.29) is 69.1 Å². The molecule has 2 amide bonds. The Morgan fingerprint density at radius 1 is 0.588 bits per heavy atom. The number of esters is 5. The lowest BCUT2D eigenvalue weighted by Gasteiger charge is -2.20. The number of rotatable bonds is 39. The molecule has 0 spiro atoms. The second-order valence-electron chi connectivity index (χ2n) is 21.0. The van der Waals surface area contributed by atoms with Crippen molar-refractivity contribution in [2.24, 2.45) is 13.0 Å². The van der Waals surface area contributed by atoms with Gasteiger partial charge in [-0.25, -0.2) is 23.9 Å². The number of halogens is 2. The Balaban J connectivity index is 1.26. The van der Waals surface area contributed by atoms with Crippen molar-refractivity contribution in [3.63, 3.8) is 0 Å². The van der Waals surface area contributed by atoms with E-state index < -0.39 is 59.8 Å². The molecule has 85 heavy (non-hydrogen) atoms. The summed E-state index contributed by atoms with van der Waals surface area (Å²) in [6, 6.07) is 21.1. The molecule has 3 atom stereocenters. The molecule has 18 nitrogen and oxygen atoms in total. The Morgan fingerprint density at radius 3 is 1.73 bits per heavy atom. The fourth-order valence-electron chi connectivity index (χ4n) is 9.00. The second kappa shape index (κ2) is 38.3. The maximum absolute atomic E-state index is 14.6. The number of carbonyl (C=O) groups is 7. The first-order chi connectivity index (χ1) is 41.1. The maximum Gasteiger partial charge on any atom is 0.352 e. The number of nitrogens with one attached hydrogen (secondary N) is 2. The molecule has 0 radical (unpaired) electrons. The van der Waals surface area contributed by atoms with Gasteiger partial charge in [0.05, 0.1) is 39.2 Å². The number of thioether (sulfide) groups is 1. The number of amides is 2. The Hall–Kier alpha value is -6.83. The molecule has 2 N–H and O–H groups in total. The van der Waals surface area contributed by atoms with E-state index in [2.05, 4.69) is 40.0 Å². The van der Waals surface area contributed by atoms with Gasteiger partial charge >= 0.3 is 29.8 Å². The molecule has 0 saturated heterocycles. The van der Waals surface area contributed by atoms with Gasteiger partial charge in [0.2, 0.25) is 17.0 Å². The highest BCUT2D eigenvalue weighted by Gasteiger charge is 2.31. The van der Waals surface area contributed by atoms with Crippen molar-refractivity contribution in [1.29, 1.82) is 0 Å². The number of unbranched alkanes of at least 4 members (excludes halogenated alkanes) is 18. The Kier molecular flexibility index (Phi) is 31.0. The minimum Gasteiger partial charge on any atom is -0.463 e. The Labute approximate surface area is 513 Å². The van der Waals surface area contributed by atoms with Gasteiger partial charge in [0.15, 0.2) is 12.2 Å². The maximum atomic E-state index is 14.6. The zero-order chi connectivity index (χ0) is 61.3. The molecule has 0 aliphatic carbocycles. The molecular formula is C64H82Cl2N6O12S. The van der Waals surface area contributed by atoms with Gasteiger partial charge in [-0.05, 0) is 103 Å². The Morgan fingerprint density at radius 2 is 1.13 bits per heavy atom. The number of aryl methyl sites for hydroxylation is 1. The fourth-order valence-corrected chi connectivity index (χ4v) is 10.1. The fraction of sp³-hybridized carbons (Fsp3) is 0.500. The molecule has 460 valence electrons. The molecule has 0 aliphatic heterocycles. The summed E-state index contributed by atoms with van der Waals surface area (Å²) in [5, 5.41) is 17.4. The van der Waals surface area contributed by atoms with Crippen molar-refractivity contribution < 1.29 is 57.2 Å². The summed E-state index contributed by atoms with van der Waals surface area (Å²) in [4.78, 5) is 95.2. The van der Waals surface area contributed by atoms with Crippen LogP contribution in [-0.2, 0) is 57.4 Å². The molecule has 0 fully saturated rings. The summed E-state index contributed by atoms with van der Waals surface area (Å²) in [5.74, 6) is -6.56. The van der Waals surface area contributed by atoms with Crippen molar-refractivity contribution in [3.8, 4) is 11.5 Å². The van der Waals surface area contributed by atoms with E-state index in [0.717, 1.165) is 44.1 Å². The summed E-state index contributed by atoms with van der Waals surface area (Å²) < 4.78 is 29.1. The summed E-state index contributed by atoms with van der Waals surface area (Å²) in [5.41, 5.74) is 0.996. The van der Waals surface area contributed by atoms with Gasteiger partial charge in [-0.2, -0.15) is 0 Å². The van der Waals surface area contributed by atoms with Gasteiger partial charge in [0.25, 0.3) is 0 Å². The van der Waals surface area contributed by atoms with E-state index in [9.17, 15) is 33.6 Å². The van der Waals surface area contributed by atoms with Gasteiger partial charge in [0.1, 0.15) is 17.4 Å². The zero-order valence-electron chi connectivity index (χ0n) is 49.6. The highest BCUT2D eigenvalue weighted by Crippen LogP contribution is 2.31. The van der Waals surface area contributed by atoms with Crippen LogP contribution in [0.2, 0.25) is 10.0 Å². The molecule has 1 aromatic heterocycles. The van der Waals surface area contributed by atoms with E-state index >= 15 is 0 Å². The summed E-state index contributed by atoms with van der Waals surface area (Å²) >= 11 is 14.6. The number of benzene rings is 4. The minimum atomic E-state index is -1.65. The van der Waals surface area contributed by atoms with Crippen LogP contribution in [0.25, 0.3) is 0 Å². The standard InChI is InChI=1S/C64H82Cl2N6O12S/c1-6-8-10-12-14-16-18-20-22-24-30-57(73)81-45(4)61(77)84-50-36-38-54(66)56(42-50)68-59(75)52(40-47-28-25-26-29-51(47)63(79)83-49-34-31-46(32-35-49)43-85-64-69-70-71-72(64)5)58(74)67-55-41-48(33-37-53(55)65)62(78)82-44(3)60(76)80-39-27-23-21-19-17-15-13-11-9-7-2/h25-26,28-29,31-38,41-42,44-45,52H,6-24,27,30,39-40,43H2,1-5H3,(H,67,74)(H,68,75). The predicted molar refractivity (Wildman–Crippen MR) is 329 cm³/mol. The monoisotopic (exact) mass is 1230 g/mol. The summed E-state index contributed by atoms with van der Waals surface area (Å²) in [6.07, 6.45) is 19.5. The smallest absolute Gasteiger partial charge is 0.352 e. The van der Waals surface area contributed by atoms with Crippen molar-refractivity contribution in [3.05, 3.63) is 117 Å². The number of anilines is 2. The highest BCUT2D eigenvalue weighted by atomic mass is 35.5. The lowest BCUT2D eigenvalue weighted by Crippen LogP contribution is -2.36. The molecule has 0 bridgehead atoms. The van der Waals surface area contributed by atoms with Gasteiger partial charge in [-0.15, -0.1) is 5.10 Å². The van der Waals surface area contributed by atoms with E-state index in [1.807, 2.05) is 0 Å². The van der Waals surface area contributed by atoms with Crippen LogP contribution in [0.15, 0.2) is 90.1 Å². The van der Waals surface area contributed by atoms with Crippen LogP contribution in [0, 0.1) is 5.92 Å². The van der Waals surface area contributed by atoms with Crippen molar-refractivity contribution in [1.82, 2.24) is 20.2 Å². The second-order valence-corrected chi connectivity index (χ2v) is 22.8. The van der Waals surface area contributed by atoms with Crippen LogP contribution in [0.1, 0.15) is 194 Å². The van der Waals surface area contributed by atoms with Crippen molar-refractivity contribution in [2.75, 3.05) is 17.2 Å². The summed E-state index contributed by atoms with van der Waals surface area (Å²) in [7, 11) is 1.74. The van der Waals surface area contributed by atoms with Crippen LogP contribution in [0.3, 0.4) is 0 Å². The number of carbonyl (C=O) groups excluding carboxylic acids is 7. The lowest BCUT2D eigenvalue weighted by molar-refractivity contribution is -0.161. The molecule has 3 unspecified atom stereocenters. The number of nitrogens with zero attached hydrogens (tertiary/aromatic N) is 4. The van der Waals surface area contributed by atoms with Crippen LogP contribution in [-0.4, -0.2) is 80.7 Å². The van der Waals surface area contributed by atoms with E-state index in [1.165, 1.54) is 145 Å². The molecular weight excluding hydrogens is 1150 g/mol. The molecule has 0 aliphatic rings. The predicted octanol–water partition coefficient (Wildman–Crippen LogP) is 14.6. The first kappa shape index (κ1) is 68.9. The van der Waals surface area contributed by atoms with Crippen molar-refractivity contribution in [2.45, 2.75) is 192 Å². The number of hydrogen-bond acceptors (Lipinski definition) is 16. The van der Waals surface area contributed by atoms with Crippen molar-refractivity contribution >= 4 is 88.0 Å². The Bertz CT molecular complexity index is 2940. The van der Waals surface area contributed by atoms with Gasteiger partial charge < -0.3 is 34.3 Å². The first-order valence-corrected chi connectivity index (χ1v) is 31.5. The molecule has 5 rings (SSSR count). The summed E-state index contributed by atoms with van der Waals surface area (Å²) in [6.45, 7) is 7.39. The normalized spacial score (nSPS) is 12.1. The third-order valence-electron chi connectivity index (χ3n) is 14.0. The van der Waals surface area contributed by atoms with Gasteiger partial charge in [-0.1, -0.05) is 195 Å². The van der Waals surface area contributed by atoms with Crippen LogP contribution in [0.4, 0.5) is 11.4 Å². The molecule has 1 heterocycles. The quantitative estimate of drug-likeness (QED) is 0.00929. The molecule has 21 heteroatoms. The number of ether oxygens (including phenoxy) is 5. The third kappa shape index (κ3) is 25.0. The zero-order valence-corrected chi connectivity index (χ0v) is 52.0. The number of aromatic nitrogens is 4. The van der Waals surface area contributed by atoms with Gasteiger partial charge in [-0.3, -0.25) is 14.4 Å². The van der Waals surface area contributed by atoms with Crippen LogP contribution < -0.4 is 20.1 Å². The number of hydrogen-bond donors (Lipinski definition) is 2. The lowest BCUT2D eigenvalue weighted by atomic mass is 9.93. The molecule has 0 saturated carbocycles. The van der Waals surface area contributed by atoms with Gasteiger partial charge in [0, 0.05) is 25.3 Å². The van der Waals surface area contributed by atoms with E-state index in [0.29, 0.717) is 23.8 Å². The largest absolute Gasteiger partial charge is 0.463 e. The third-order valence-corrected chi connectivity index (χ3v) is 15.7. The van der Waals surface area contributed by atoms with E-state index in [4.69, 9.17) is 46.9 Å². The highest BCUT2D eigenvalue weighted by molar-refractivity contribution is 7.98. The minimum absolute atomic E-state index is 0.00805. The average molecular weight is 1230 g/mol. The van der Waals surface area contributed by atoms with E-state index in [1.54, 1.807) is 54.2 Å².